The van der Waals surface area contributed by atoms with Crippen molar-refractivity contribution in [3.63, 3.8) is 0 Å². The molecule has 6 rings (SSSR count). The van der Waals surface area contributed by atoms with Crippen molar-refractivity contribution in [1.29, 1.82) is 0 Å². The Kier molecular flexibility index (Phi) is 7.16. The van der Waals surface area contributed by atoms with Gasteiger partial charge in [0.1, 0.15) is 11.5 Å². The smallest absolute Gasteiger partial charge is 0.232 e. The minimum absolute atomic E-state index is 0.152. The molecule has 5 aromatic rings. The molecule has 2 aromatic heterocycles. The third-order valence-electron chi connectivity index (χ3n) is 7.41. The van der Waals surface area contributed by atoms with Crippen LogP contribution in [0.1, 0.15) is 35.3 Å². The summed E-state index contributed by atoms with van der Waals surface area (Å²) in [5.74, 6) is 2.39. The molecule has 39 heavy (non-hydrogen) atoms. The first kappa shape index (κ1) is 25.3. The van der Waals surface area contributed by atoms with E-state index in [-0.39, 0.29) is 5.91 Å². The molecule has 1 aliphatic carbocycles. The van der Waals surface area contributed by atoms with Crippen molar-refractivity contribution in [2.24, 2.45) is 0 Å². The second kappa shape index (κ2) is 11.0. The molecule has 198 valence electrons. The number of carbonyl (C=O) groups excluding carboxylic acids is 1. The largest absolute Gasteiger partial charge is 0.497 e. The van der Waals surface area contributed by atoms with Crippen molar-refractivity contribution in [2.45, 2.75) is 37.3 Å². The van der Waals surface area contributed by atoms with Gasteiger partial charge in [-0.25, -0.2) is 4.98 Å². The number of rotatable bonds is 8. The van der Waals surface area contributed by atoms with E-state index in [1.54, 1.807) is 26.0 Å². The average Bonchev–Trinajstić information content (AvgIpc) is 3.57. The van der Waals surface area contributed by atoms with Crippen LogP contribution in [-0.4, -0.2) is 40.4 Å². The highest BCUT2D eigenvalue weighted by molar-refractivity contribution is 7.99. The molecular formula is C32H31N3O3S. The maximum atomic E-state index is 13.5. The molecule has 0 fully saturated rings. The van der Waals surface area contributed by atoms with Crippen LogP contribution in [0.15, 0.2) is 78.0 Å². The standard InChI is InChI=1S/C32H31N3O3S/c1-37-23-15-11-21(12-16-23)30-31(22-13-17-24(38-2)18-14-22)34-32(33-30)39-20-19-29(36)35-27-9-5-3-7-25(27)26-8-4-6-10-28(26)35/h3,5,7,9,11-18H,4,6,8,10,19-20H2,1-2H3,(H,33,34). The first-order valence-electron chi connectivity index (χ1n) is 13.3. The van der Waals surface area contributed by atoms with Crippen molar-refractivity contribution < 1.29 is 14.3 Å². The number of aromatic amines is 1. The van der Waals surface area contributed by atoms with Gasteiger partial charge in [0, 0.05) is 34.4 Å². The number of thioether (sulfide) groups is 1. The molecule has 0 saturated carbocycles. The minimum atomic E-state index is 0.152. The van der Waals surface area contributed by atoms with Gasteiger partial charge in [-0.1, -0.05) is 30.0 Å². The van der Waals surface area contributed by atoms with Crippen LogP contribution in [0.5, 0.6) is 11.5 Å². The summed E-state index contributed by atoms with van der Waals surface area (Å²) < 4.78 is 12.7. The number of H-pyrrole nitrogens is 1. The zero-order chi connectivity index (χ0) is 26.8. The van der Waals surface area contributed by atoms with Crippen molar-refractivity contribution in [3.05, 3.63) is 84.1 Å². The molecule has 0 unspecified atom stereocenters. The van der Waals surface area contributed by atoms with Crippen LogP contribution in [0, 0.1) is 0 Å². The number of aryl methyl sites for hydroxylation is 1. The van der Waals surface area contributed by atoms with Crippen LogP contribution < -0.4 is 9.47 Å². The fourth-order valence-corrected chi connectivity index (χ4v) is 6.27. The third-order valence-corrected chi connectivity index (χ3v) is 8.28. The molecule has 1 aliphatic rings. The second-order valence-electron chi connectivity index (χ2n) is 9.70. The van der Waals surface area contributed by atoms with Crippen molar-refractivity contribution in [1.82, 2.24) is 14.5 Å². The Morgan fingerprint density at radius 3 is 2.28 bits per heavy atom. The molecule has 0 saturated heterocycles. The molecule has 0 radical (unpaired) electrons. The van der Waals surface area contributed by atoms with Crippen LogP contribution >= 0.6 is 11.8 Å². The van der Waals surface area contributed by atoms with E-state index in [4.69, 9.17) is 14.5 Å². The van der Waals surface area contributed by atoms with E-state index in [2.05, 4.69) is 23.2 Å². The van der Waals surface area contributed by atoms with Crippen LogP contribution in [0.25, 0.3) is 33.4 Å². The number of ether oxygens (including phenoxy) is 2. The Morgan fingerprint density at radius 1 is 0.897 bits per heavy atom. The number of imidazole rings is 1. The number of hydrogen-bond acceptors (Lipinski definition) is 5. The summed E-state index contributed by atoms with van der Waals surface area (Å²) in [4.78, 5) is 22.0. The number of carbonyl (C=O) groups is 1. The number of nitrogens with zero attached hydrogens (tertiary/aromatic N) is 2. The molecule has 3 aromatic carbocycles. The summed E-state index contributed by atoms with van der Waals surface area (Å²) in [7, 11) is 3.32. The Labute approximate surface area is 232 Å². The number of benzene rings is 3. The van der Waals surface area contributed by atoms with Gasteiger partial charge < -0.3 is 14.5 Å². The second-order valence-corrected chi connectivity index (χ2v) is 10.8. The van der Waals surface area contributed by atoms with Gasteiger partial charge in [0.15, 0.2) is 5.16 Å². The van der Waals surface area contributed by atoms with Crippen molar-refractivity contribution in [3.8, 4) is 34.0 Å². The summed E-state index contributed by atoms with van der Waals surface area (Å²) in [5.41, 5.74) is 7.41. The van der Waals surface area contributed by atoms with Gasteiger partial charge in [-0.05, 0) is 85.8 Å². The van der Waals surface area contributed by atoms with E-state index in [1.165, 1.54) is 23.1 Å². The van der Waals surface area contributed by atoms with Crippen LogP contribution in [0.4, 0.5) is 0 Å². The lowest BCUT2D eigenvalue weighted by atomic mass is 9.95. The maximum absolute atomic E-state index is 13.5. The molecular weight excluding hydrogens is 506 g/mol. The summed E-state index contributed by atoms with van der Waals surface area (Å²) in [6.45, 7) is 0. The Bertz CT molecular complexity index is 1550. The van der Waals surface area contributed by atoms with Gasteiger partial charge in [0.25, 0.3) is 0 Å². The summed E-state index contributed by atoms with van der Waals surface area (Å²) in [6, 6.07) is 24.2. The van der Waals surface area contributed by atoms with Gasteiger partial charge >= 0.3 is 0 Å². The SMILES string of the molecule is COc1ccc(-c2nc(SCCC(=O)n3c4c(c5ccccc53)CCCC4)[nH]c2-c2ccc(OC)cc2)cc1. The molecule has 0 amide bonds. The number of methoxy groups -OCH3 is 2. The summed E-state index contributed by atoms with van der Waals surface area (Å²) in [6.07, 6.45) is 4.79. The highest BCUT2D eigenvalue weighted by Crippen LogP contribution is 2.35. The Hall–Kier alpha value is -3.97. The van der Waals surface area contributed by atoms with Gasteiger partial charge in [-0.15, -0.1) is 0 Å². The number of aromatic nitrogens is 3. The number of fused-ring (bicyclic) bond motifs is 3. The normalized spacial score (nSPS) is 12.9. The monoisotopic (exact) mass is 537 g/mol. The topological polar surface area (TPSA) is 69.1 Å². The Morgan fingerprint density at radius 2 is 1.56 bits per heavy atom. The fourth-order valence-electron chi connectivity index (χ4n) is 5.47. The molecule has 0 atom stereocenters. The van der Waals surface area contributed by atoms with E-state index in [0.717, 1.165) is 63.9 Å². The van der Waals surface area contributed by atoms with Crippen LogP contribution in [-0.2, 0) is 12.8 Å². The van der Waals surface area contributed by atoms with Gasteiger partial charge in [-0.3, -0.25) is 9.36 Å². The first-order chi connectivity index (χ1) is 19.2. The van der Waals surface area contributed by atoms with E-state index in [9.17, 15) is 4.79 Å². The lowest BCUT2D eigenvalue weighted by molar-refractivity contribution is 0.0912. The van der Waals surface area contributed by atoms with Crippen LogP contribution in [0.2, 0.25) is 0 Å². The van der Waals surface area contributed by atoms with Crippen LogP contribution in [0.3, 0.4) is 0 Å². The number of para-hydroxylation sites is 1. The Balaban J connectivity index is 1.25. The zero-order valence-corrected chi connectivity index (χ0v) is 23.0. The average molecular weight is 538 g/mol. The molecule has 1 N–H and O–H groups in total. The predicted octanol–water partition coefficient (Wildman–Crippen LogP) is 7.42. The quantitative estimate of drug-likeness (QED) is 0.209. The lowest BCUT2D eigenvalue weighted by Gasteiger charge is -2.15. The van der Waals surface area contributed by atoms with Gasteiger partial charge in [-0.2, -0.15) is 0 Å². The molecule has 0 spiro atoms. The van der Waals surface area contributed by atoms with Crippen molar-refractivity contribution >= 4 is 28.6 Å². The van der Waals surface area contributed by atoms with Gasteiger partial charge in [0.05, 0.1) is 31.1 Å². The number of nitrogens with one attached hydrogen (secondary N) is 1. The van der Waals surface area contributed by atoms with Crippen molar-refractivity contribution in [2.75, 3.05) is 20.0 Å². The van der Waals surface area contributed by atoms with E-state index in [0.29, 0.717) is 12.2 Å². The highest BCUT2D eigenvalue weighted by atomic mass is 32.2. The molecule has 6 nitrogen and oxygen atoms in total. The highest BCUT2D eigenvalue weighted by Gasteiger charge is 2.23. The van der Waals surface area contributed by atoms with E-state index in [1.807, 2.05) is 59.2 Å². The maximum Gasteiger partial charge on any atom is 0.232 e. The lowest BCUT2D eigenvalue weighted by Crippen LogP contribution is -2.16. The molecule has 2 heterocycles. The minimum Gasteiger partial charge on any atom is -0.497 e. The van der Waals surface area contributed by atoms with Gasteiger partial charge in [0.2, 0.25) is 5.91 Å². The predicted molar refractivity (Wildman–Crippen MR) is 157 cm³/mol. The summed E-state index contributed by atoms with van der Waals surface area (Å²) in [5, 5.41) is 2.02. The van der Waals surface area contributed by atoms with E-state index >= 15 is 0 Å². The third kappa shape index (κ3) is 4.94. The summed E-state index contributed by atoms with van der Waals surface area (Å²) >= 11 is 1.58. The fraction of sp³-hybridized carbons (Fsp3) is 0.250. The zero-order valence-electron chi connectivity index (χ0n) is 22.2. The number of hydrogen-bond donors (Lipinski definition) is 1. The molecule has 7 heteroatoms. The molecule has 0 bridgehead atoms. The molecule has 0 aliphatic heterocycles. The van der Waals surface area contributed by atoms with E-state index < -0.39 is 0 Å². The first-order valence-corrected chi connectivity index (χ1v) is 14.3.